The maximum atomic E-state index is 12.7. The van der Waals surface area contributed by atoms with Crippen LogP contribution in [0.25, 0.3) is 0 Å². The van der Waals surface area contributed by atoms with Crippen LogP contribution in [0.1, 0.15) is 38.5 Å². The van der Waals surface area contributed by atoms with Crippen LogP contribution in [0.3, 0.4) is 0 Å². The summed E-state index contributed by atoms with van der Waals surface area (Å²) in [7, 11) is -3.63. The fourth-order valence-corrected chi connectivity index (χ4v) is 5.69. The largest absolute Gasteiger partial charge is 0.342 e. The number of sulfonamides is 1. The van der Waals surface area contributed by atoms with Crippen LogP contribution in [0.5, 0.6) is 0 Å². The van der Waals surface area contributed by atoms with Crippen LogP contribution in [-0.2, 0) is 19.6 Å². The number of carbonyl (C=O) groups excluding carboxylic acids is 2. The maximum Gasteiger partial charge on any atom is 0.250 e. The zero-order valence-electron chi connectivity index (χ0n) is 15.4. The summed E-state index contributed by atoms with van der Waals surface area (Å²) in [5.74, 6) is -0.0341. The van der Waals surface area contributed by atoms with Crippen molar-refractivity contribution in [3.8, 4) is 0 Å². The summed E-state index contributed by atoms with van der Waals surface area (Å²) in [4.78, 5) is 28.7. The first-order valence-electron chi connectivity index (χ1n) is 9.57. The van der Waals surface area contributed by atoms with Crippen molar-refractivity contribution in [2.45, 2.75) is 42.7 Å². The Morgan fingerprint density at radius 2 is 1.70 bits per heavy atom. The lowest BCUT2D eigenvalue weighted by Crippen LogP contribution is -2.47. The first kappa shape index (κ1) is 20.3. The molecule has 0 unspecified atom stereocenters. The molecule has 0 aliphatic carbocycles. The Morgan fingerprint density at radius 1 is 1.04 bits per heavy atom. The summed E-state index contributed by atoms with van der Waals surface area (Å²) in [5.41, 5.74) is 0. The van der Waals surface area contributed by atoms with E-state index in [4.69, 9.17) is 0 Å². The number of hydrogen-bond donors (Lipinski definition) is 1. The highest BCUT2D eigenvalue weighted by Crippen LogP contribution is 2.22. The summed E-state index contributed by atoms with van der Waals surface area (Å²) < 4.78 is 26.8. The van der Waals surface area contributed by atoms with Gasteiger partial charge in [-0.2, -0.15) is 0 Å². The molecule has 1 aromatic heterocycles. The Balaban J connectivity index is 1.45. The summed E-state index contributed by atoms with van der Waals surface area (Å²) >= 11 is 1.12. The third-order valence-electron chi connectivity index (χ3n) is 5.29. The molecule has 0 aromatic carbocycles. The van der Waals surface area contributed by atoms with E-state index < -0.39 is 10.0 Å². The van der Waals surface area contributed by atoms with Gasteiger partial charge in [-0.15, -0.1) is 11.3 Å². The minimum absolute atomic E-state index is 0.0186. The van der Waals surface area contributed by atoms with Crippen molar-refractivity contribution in [2.24, 2.45) is 5.92 Å². The minimum Gasteiger partial charge on any atom is -0.342 e. The number of rotatable bonds is 5. The molecular formula is C18H27N3O4S2. The van der Waals surface area contributed by atoms with E-state index in [0.717, 1.165) is 37.3 Å². The fourth-order valence-electron chi connectivity index (χ4n) is 3.68. The van der Waals surface area contributed by atoms with Gasteiger partial charge < -0.3 is 9.80 Å². The molecule has 2 aliphatic heterocycles. The van der Waals surface area contributed by atoms with E-state index in [0.29, 0.717) is 25.9 Å². The Morgan fingerprint density at radius 3 is 2.30 bits per heavy atom. The summed E-state index contributed by atoms with van der Waals surface area (Å²) in [6.07, 6.45) is 5.84. The van der Waals surface area contributed by atoms with Gasteiger partial charge in [-0.05, 0) is 37.1 Å². The van der Waals surface area contributed by atoms with Crippen molar-refractivity contribution in [1.82, 2.24) is 14.5 Å². The highest BCUT2D eigenvalue weighted by atomic mass is 32.2. The number of hydrogen-bond acceptors (Lipinski definition) is 5. The van der Waals surface area contributed by atoms with Crippen LogP contribution in [-0.4, -0.2) is 62.8 Å². The van der Waals surface area contributed by atoms with Crippen LogP contribution in [0.15, 0.2) is 21.7 Å². The number of nitrogens with zero attached hydrogens (tertiary/aromatic N) is 2. The molecule has 0 spiro atoms. The number of likely N-dealkylation sites (tertiary alicyclic amines) is 2. The molecule has 1 aromatic rings. The molecule has 1 N–H and O–H groups in total. The van der Waals surface area contributed by atoms with E-state index in [1.54, 1.807) is 16.3 Å². The molecule has 3 rings (SSSR count). The van der Waals surface area contributed by atoms with Gasteiger partial charge in [0.1, 0.15) is 4.21 Å². The highest BCUT2D eigenvalue weighted by Gasteiger charge is 2.30. The van der Waals surface area contributed by atoms with E-state index in [2.05, 4.69) is 4.72 Å². The van der Waals surface area contributed by atoms with E-state index in [9.17, 15) is 18.0 Å². The van der Waals surface area contributed by atoms with Crippen LogP contribution < -0.4 is 4.72 Å². The normalized spacial score (nSPS) is 19.7. The quantitative estimate of drug-likeness (QED) is 0.795. The number of thiophene rings is 1. The zero-order valence-corrected chi connectivity index (χ0v) is 17.1. The van der Waals surface area contributed by atoms with Crippen LogP contribution in [0.2, 0.25) is 0 Å². The van der Waals surface area contributed by atoms with Crippen molar-refractivity contribution < 1.29 is 18.0 Å². The van der Waals surface area contributed by atoms with Gasteiger partial charge in [0, 0.05) is 32.1 Å². The molecule has 150 valence electrons. The first-order valence-corrected chi connectivity index (χ1v) is 11.9. The van der Waals surface area contributed by atoms with Crippen LogP contribution in [0, 0.1) is 5.92 Å². The molecule has 0 saturated carbocycles. The predicted octanol–water partition coefficient (Wildman–Crippen LogP) is 1.67. The zero-order chi connectivity index (χ0) is 19.3. The van der Waals surface area contributed by atoms with Gasteiger partial charge in [-0.3, -0.25) is 9.59 Å². The average molecular weight is 414 g/mol. The topological polar surface area (TPSA) is 86.8 Å². The van der Waals surface area contributed by atoms with Gasteiger partial charge >= 0.3 is 0 Å². The molecule has 2 fully saturated rings. The molecule has 0 atom stereocenters. The Hall–Kier alpha value is -1.45. The molecule has 2 amide bonds. The van der Waals surface area contributed by atoms with Gasteiger partial charge in [-0.25, -0.2) is 13.1 Å². The lowest BCUT2D eigenvalue weighted by atomic mass is 9.95. The van der Waals surface area contributed by atoms with Gasteiger partial charge in [0.2, 0.25) is 11.8 Å². The first-order chi connectivity index (χ1) is 13.0. The van der Waals surface area contributed by atoms with Crippen molar-refractivity contribution in [3.05, 3.63) is 17.5 Å². The maximum absolute atomic E-state index is 12.7. The van der Waals surface area contributed by atoms with Crippen LogP contribution in [0.4, 0.5) is 0 Å². The lowest BCUT2D eigenvalue weighted by molar-refractivity contribution is -0.140. The monoisotopic (exact) mass is 413 g/mol. The van der Waals surface area contributed by atoms with Gasteiger partial charge in [0.25, 0.3) is 10.0 Å². The van der Waals surface area contributed by atoms with Crippen molar-refractivity contribution in [3.63, 3.8) is 0 Å². The average Bonchev–Trinajstić information content (AvgIpc) is 3.10. The SMILES string of the molecule is O=C(CNS(=O)(=O)c1cccs1)N1CCC(C(=O)N2CCCCCC2)CC1. The summed E-state index contributed by atoms with van der Waals surface area (Å²) in [5, 5.41) is 1.68. The van der Waals surface area contributed by atoms with Crippen molar-refractivity contribution >= 4 is 33.2 Å². The van der Waals surface area contributed by atoms with E-state index >= 15 is 0 Å². The van der Waals surface area contributed by atoms with E-state index in [1.807, 2.05) is 4.90 Å². The summed E-state index contributed by atoms with van der Waals surface area (Å²) in [6.45, 7) is 2.46. The summed E-state index contributed by atoms with van der Waals surface area (Å²) in [6, 6.07) is 3.17. The molecule has 27 heavy (non-hydrogen) atoms. The second-order valence-corrected chi connectivity index (χ2v) is 10.1. The number of amides is 2. The molecule has 2 saturated heterocycles. The molecule has 0 bridgehead atoms. The smallest absolute Gasteiger partial charge is 0.250 e. The minimum atomic E-state index is -3.63. The number of nitrogens with one attached hydrogen (secondary N) is 1. The third-order valence-corrected chi connectivity index (χ3v) is 8.09. The van der Waals surface area contributed by atoms with Gasteiger partial charge in [0.05, 0.1) is 6.54 Å². The fraction of sp³-hybridized carbons (Fsp3) is 0.667. The molecular weight excluding hydrogens is 386 g/mol. The van der Waals surface area contributed by atoms with Crippen molar-refractivity contribution in [2.75, 3.05) is 32.7 Å². The Kier molecular flexibility index (Phi) is 6.88. The second kappa shape index (κ2) is 9.16. The highest BCUT2D eigenvalue weighted by molar-refractivity contribution is 7.91. The number of piperidine rings is 1. The number of carbonyl (C=O) groups is 2. The lowest BCUT2D eigenvalue weighted by Gasteiger charge is -2.34. The van der Waals surface area contributed by atoms with E-state index in [-0.39, 0.29) is 28.5 Å². The molecule has 0 radical (unpaired) electrons. The second-order valence-electron chi connectivity index (χ2n) is 7.15. The molecule has 2 aliphatic rings. The predicted molar refractivity (Wildman–Crippen MR) is 104 cm³/mol. The van der Waals surface area contributed by atoms with Gasteiger partial charge in [0.15, 0.2) is 0 Å². The molecule has 7 nitrogen and oxygen atoms in total. The van der Waals surface area contributed by atoms with Crippen LogP contribution >= 0.6 is 11.3 Å². The Labute approximate surface area is 164 Å². The van der Waals surface area contributed by atoms with Gasteiger partial charge in [-0.1, -0.05) is 18.9 Å². The third kappa shape index (κ3) is 5.30. The molecule has 3 heterocycles. The Bertz CT molecular complexity index is 733. The molecule has 9 heteroatoms. The van der Waals surface area contributed by atoms with E-state index in [1.165, 1.54) is 18.9 Å². The standard InChI is InChI=1S/C18H27N3O4S2/c22-16(14-19-27(24,25)17-6-5-13-26-17)20-11-7-15(8-12-20)18(23)21-9-3-1-2-4-10-21/h5-6,13,15,19H,1-4,7-12,14H2. The van der Waals surface area contributed by atoms with Crippen molar-refractivity contribution in [1.29, 1.82) is 0 Å².